The van der Waals surface area contributed by atoms with Crippen LogP contribution in [0.15, 0.2) is 42.7 Å². The third-order valence-corrected chi connectivity index (χ3v) is 2.53. The lowest BCUT2D eigenvalue weighted by atomic mass is 10.0. The fraction of sp³-hybridized carbons (Fsp3) is 0.143. The minimum atomic E-state index is -0.0730. The normalized spacial score (nSPS) is 10.1. The van der Waals surface area contributed by atoms with E-state index in [1.54, 1.807) is 18.5 Å². The van der Waals surface area contributed by atoms with Crippen molar-refractivity contribution in [2.45, 2.75) is 12.8 Å². The summed E-state index contributed by atoms with van der Waals surface area (Å²) in [6, 6.07) is 11.1. The Labute approximate surface area is 99.8 Å². The van der Waals surface area contributed by atoms with Crippen LogP contribution in [-0.2, 0) is 6.42 Å². The van der Waals surface area contributed by atoms with E-state index in [1.807, 2.05) is 12.1 Å². The second-order valence-electron chi connectivity index (χ2n) is 3.72. The Hall–Kier alpha value is -2.16. The van der Waals surface area contributed by atoms with E-state index in [2.05, 4.69) is 11.1 Å². The predicted octanol–water partition coefficient (Wildman–Crippen LogP) is 2.40. The number of aromatic nitrogens is 1. The van der Waals surface area contributed by atoms with Gasteiger partial charge < -0.3 is 5.11 Å². The molecule has 0 bridgehead atoms. The maximum atomic E-state index is 11.8. The number of phenols is 1. The number of carbonyl (C=O) groups is 1. The van der Waals surface area contributed by atoms with Crippen molar-refractivity contribution in [2.75, 3.05) is 0 Å². The van der Waals surface area contributed by atoms with Crippen LogP contribution < -0.4 is 0 Å². The lowest BCUT2D eigenvalue weighted by Crippen LogP contribution is -2.01. The third kappa shape index (κ3) is 2.91. The van der Waals surface area contributed by atoms with Crippen LogP contribution in [0.3, 0.4) is 0 Å². The van der Waals surface area contributed by atoms with Crippen molar-refractivity contribution in [3.8, 4) is 5.75 Å². The van der Waals surface area contributed by atoms with Crippen LogP contribution in [0.4, 0.5) is 0 Å². The van der Waals surface area contributed by atoms with Gasteiger partial charge in [0, 0.05) is 18.8 Å². The summed E-state index contributed by atoms with van der Waals surface area (Å²) in [6.45, 7) is 0. The molecule has 3 heteroatoms. The molecule has 1 radical (unpaired) electrons. The molecule has 0 atom stereocenters. The molecule has 0 aliphatic heterocycles. The zero-order valence-corrected chi connectivity index (χ0v) is 9.26. The first kappa shape index (κ1) is 11.3. The summed E-state index contributed by atoms with van der Waals surface area (Å²) >= 11 is 0. The van der Waals surface area contributed by atoms with Gasteiger partial charge in [-0.3, -0.25) is 9.78 Å². The molecule has 0 fully saturated rings. The van der Waals surface area contributed by atoms with Crippen LogP contribution in [0.5, 0.6) is 5.75 Å². The van der Waals surface area contributed by atoms with Crippen LogP contribution in [-0.4, -0.2) is 15.9 Å². The summed E-state index contributed by atoms with van der Waals surface area (Å²) in [4.78, 5) is 15.8. The number of benzene rings is 1. The molecular weight excluding hydrogens is 214 g/mol. The summed E-state index contributed by atoms with van der Waals surface area (Å²) < 4.78 is 0. The molecule has 1 heterocycles. The van der Waals surface area contributed by atoms with Gasteiger partial charge in [0.15, 0.2) is 5.78 Å². The molecule has 0 aliphatic rings. The Morgan fingerprint density at radius 2 is 2.06 bits per heavy atom. The number of phenolic OH excluding ortho intramolecular Hbond substituents is 1. The minimum Gasteiger partial charge on any atom is -0.507 e. The molecule has 3 nitrogen and oxygen atoms in total. The summed E-state index contributed by atoms with van der Waals surface area (Å²) in [7, 11) is 0. The van der Waals surface area contributed by atoms with Gasteiger partial charge in [-0.05, 0) is 42.3 Å². The van der Waals surface area contributed by atoms with Crippen molar-refractivity contribution in [1.82, 2.24) is 4.98 Å². The first-order valence-electron chi connectivity index (χ1n) is 5.38. The van der Waals surface area contributed by atoms with Crippen LogP contribution in [0.2, 0.25) is 0 Å². The van der Waals surface area contributed by atoms with Crippen LogP contribution in [0, 0.1) is 6.07 Å². The molecule has 0 amide bonds. The molecule has 1 N–H and O–H groups in total. The Morgan fingerprint density at radius 1 is 1.29 bits per heavy atom. The highest BCUT2D eigenvalue weighted by Crippen LogP contribution is 2.18. The van der Waals surface area contributed by atoms with Crippen molar-refractivity contribution in [3.63, 3.8) is 0 Å². The van der Waals surface area contributed by atoms with Crippen molar-refractivity contribution < 1.29 is 9.90 Å². The van der Waals surface area contributed by atoms with Gasteiger partial charge >= 0.3 is 0 Å². The first-order chi connectivity index (χ1) is 8.27. The van der Waals surface area contributed by atoms with Crippen LogP contribution in [0.25, 0.3) is 0 Å². The largest absolute Gasteiger partial charge is 0.507 e. The SMILES string of the molecule is O=C(CCc1ccncc1)c1c[c]ccc1O. The lowest BCUT2D eigenvalue weighted by Gasteiger charge is -2.03. The fourth-order valence-corrected chi connectivity index (χ4v) is 1.59. The number of pyridine rings is 1. The smallest absolute Gasteiger partial charge is 0.166 e. The third-order valence-electron chi connectivity index (χ3n) is 2.53. The highest BCUT2D eigenvalue weighted by molar-refractivity contribution is 5.98. The Balaban J connectivity index is 2.01. The van der Waals surface area contributed by atoms with Crippen molar-refractivity contribution in [3.05, 3.63) is 59.9 Å². The number of nitrogens with zero attached hydrogens (tertiary/aromatic N) is 1. The first-order valence-corrected chi connectivity index (χ1v) is 5.38. The Bertz CT molecular complexity index is 509. The number of Topliss-reactive ketones (excluding diaryl/α,β-unsaturated/α-hetero) is 1. The molecule has 2 rings (SSSR count). The number of carbonyl (C=O) groups excluding carboxylic acids is 1. The zero-order chi connectivity index (χ0) is 12.1. The van der Waals surface area contributed by atoms with E-state index in [0.29, 0.717) is 18.4 Å². The minimum absolute atomic E-state index is 0.0171. The van der Waals surface area contributed by atoms with Gasteiger partial charge in [-0.2, -0.15) is 0 Å². The van der Waals surface area contributed by atoms with E-state index < -0.39 is 0 Å². The predicted molar refractivity (Wildman–Crippen MR) is 63.8 cm³/mol. The monoisotopic (exact) mass is 226 g/mol. The van der Waals surface area contributed by atoms with E-state index in [4.69, 9.17) is 0 Å². The molecule has 0 unspecified atom stereocenters. The number of aryl methyl sites for hydroxylation is 1. The molecule has 85 valence electrons. The molecular formula is C14H12NO2. The van der Waals surface area contributed by atoms with Gasteiger partial charge in [0.05, 0.1) is 5.56 Å². The second kappa shape index (κ2) is 5.25. The number of hydrogen-bond donors (Lipinski definition) is 1. The zero-order valence-electron chi connectivity index (χ0n) is 9.26. The van der Waals surface area contributed by atoms with E-state index in [0.717, 1.165) is 5.56 Å². The van der Waals surface area contributed by atoms with Crippen molar-refractivity contribution in [2.24, 2.45) is 0 Å². The van der Waals surface area contributed by atoms with Gasteiger partial charge in [-0.15, -0.1) is 0 Å². The summed E-state index contributed by atoms with van der Waals surface area (Å²) in [5.41, 5.74) is 1.40. The van der Waals surface area contributed by atoms with Gasteiger partial charge in [0.1, 0.15) is 5.75 Å². The summed E-state index contributed by atoms with van der Waals surface area (Å²) in [5.74, 6) is -0.0559. The molecule has 17 heavy (non-hydrogen) atoms. The topological polar surface area (TPSA) is 50.2 Å². The van der Waals surface area contributed by atoms with Gasteiger partial charge in [-0.25, -0.2) is 0 Å². The van der Waals surface area contributed by atoms with Crippen molar-refractivity contribution in [1.29, 1.82) is 0 Å². The number of hydrogen-bond acceptors (Lipinski definition) is 3. The van der Waals surface area contributed by atoms with Gasteiger partial charge in [0.25, 0.3) is 0 Å². The molecule has 0 saturated carbocycles. The van der Waals surface area contributed by atoms with Gasteiger partial charge in [-0.1, -0.05) is 6.07 Å². The van der Waals surface area contributed by atoms with E-state index in [-0.39, 0.29) is 11.5 Å². The quantitative estimate of drug-likeness (QED) is 0.814. The molecule has 1 aromatic carbocycles. The number of rotatable bonds is 4. The van der Waals surface area contributed by atoms with Crippen LogP contribution >= 0.6 is 0 Å². The molecule has 1 aromatic heterocycles. The fourth-order valence-electron chi connectivity index (χ4n) is 1.59. The molecule has 0 saturated heterocycles. The standard InChI is InChI=1S/C14H12NO2/c16-13-4-2-1-3-12(13)14(17)6-5-11-7-9-15-10-8-11/h2-4,7-10,16H,5-6H2. The lowest BCUT2D eigenvalue weighted by molar-refractivity contribution is 0.0980. The second-order valence-corrected chi connectivity index (χ2v) is 3.72. The highest BCUT2D eigenvalue weighted by Gasteiger charge is 2.10. The van der Waals surface area contributed by atoms with E-state index in [9.17, 15) is 9.90 Å². The van der Waals surface area contributed by atoms with Crippen molar-refractivity contribution >= 4 is 5.78 Å². The van der Waals surface area contributed by atoms with Gasteiger partial charge in [0.2, 0.25) is 0 Å². The van der Waals surface area contributed by atoms with Crippen LogP contribution in [0.1, 0.15) is 22.3 Å². The Kier molecular flexibility index (Phi) is 3.50. The number of aromatic hydroxyl groups is 1. The average Bonchev–Trinajstić information content (AvgIpc) is 2.38. The maximum Gasteiger partial charge on any atom is 0.166 e. The molecule has 2 aromatic rings. The molecule has 0 aliphatic carbocycles. The average molecular weight is 226 g/mol. The molecule has 0 spiro atoms. The van der Waals surface area contributed by atoms with E-state index >= 15 is 0 Å². The summed E-state index contributed by atoms with van der Waals surface area (Å²) in [5, 5.41) is 9.53. The Morgan fingerprint density at radius 3 is 2.76 bits per heavy atom. The number of ketones is 1. The maximum absolute atomic E-state index is 11.8. The summed E-state index contributed by atoms with van der Waals surface area (Å²) in [6.07, 6.45) is 4.42. The highest BCUT2D eigenvalue weighted by atomic mass is 16.3. The van der Waals surface area contributed by atoms with E-state index in [1.165, 1.54) is 12.1 Å².